The van der Waals surface area contributed by atoms with Gasteiger partial charge in [0.1, 0.15) is 0 Å². The molecule has 0 fully saturated rings. The molecule has 0 spiro atoms. The van der Waals surface area contributed by atoms with Crippen LogP contribution in [0.1, 0.15) is 39.5 Å². The van der Waals surface area contributed by atoms with Crippen LogP contribution in [0.4, 0.5) is 11.4 Å². The Morgan fingerprint density at radius 3 is 1.83 bits per heavy atom. The Hall–Kier alpha value is -0.600. The van der Waals surface area contributed by atoms with Crippen LogP contribution in [0.3, 0.4) is 0 Å². The Bertz CT molecular complexity index is 349. The van der Waals surface area contributed by atoms with Crippen molar-refractivity contribution >= 4 is 34.6 Å². The van der Waals surface area contributed by atoms with Crippen LogP contribution in [0.25, 0.3) is 0 Å². The summed E-state index contributed by atoms with van der Waals surface area (Å²) in [6.45, 7) is 6.34. The molecule has 1 aromatic rings. The molecular formula is C14H22Cl2N2. The highest BCUT2D eigenvalue weighted by atomic mass is 35.5. The largest absolute Gasteiger partial charge is 0.399 e. The molecule has 0 bridgehead atoms. The third kappa shape index (κ3) is 4.25. The number of nitrogens with zero attached hydrogens (tertiary/aromatic N) is 1. The zero-order valence-electron chi connectivity index (χ0n) is 11.2. The zero-order valence-corrected chi connectivity index (χ0v) is 12.7. The Morgan fingerprint density at radius 1 is 1.00 bits per heavy atom. The molecule has 1 rings (SSSR count). The van der Waals surface area contributed by atoms with E-state index in [4.69, 9.17) is 28.9 Å². The van der Waals surface area contributed by atoms with Gasteiger partial charge in [0, 0.05) is 18.8 Å². The van der Waals surface area contributed by atoms with Crippen molar-refractivity contribution in [2.45, 2.75) is 39.5 Å². The molecule has 0 unspecified atom stereocenters. The predicted octanol–water partition coefficient (Wildman–Crippen LogP) is 4.98. The van der Waals surface area contributed by atoms with Crippen LogP contribution < -0.4 is 10.6 Å². The number of unbranched alkanes of at least 4 members (excludes halogenated alkanes) is 2. The Labute approximate surface area is 120 Å². The van der Waals surface area contributed by atoms with Gasteiger partial charge in [-0.05, 0) is 25.0 Å². The van der Waals surface area contributed by atoms with Gasteiger partial charge < -0.3 is 10.6 Å². The normalized spacial score (nSPS) is 10.7. The molecule has 0 saturated carbocycles. The number of rotatable bonds is 7. The summed E-state index contributed by atoms with van der Waals surface area (Å²) in [5.74, 6) is 0. The second-order valence-electron chi connectivity index (χ2n) is 4.53. The van der Waals surface area contributed by atoms with E-state index in [1.165, 1.54) is 0 Å². The highest BCUT2D eigenvalue weighted by Gasteiger charge is 2.14. The maximum absolute atomic E-state index is 6.28. The van der Waals surface area contributed by atoms with Crippen LogP contribution in [-0.2, 0) is 0 Å². The molecule has 0 aliphatic heterocycles. The lowest BCUT2D eigenvalue weighted by molar-refractivity contribution is 0.678. The molecule has 0 aliphatic rings. The summed E-state index contributed by atoms with van der Waals surface area (Å²) in [6.07, 6.45) is 4.60. The number of nitrogens with two attached hydrogens (primary N) is 1. The lowest BCUT2D eigenvalue weighted by Crippen LogP contribution is -2.26. The molecule has 0 aliphatic carbocycles. The van der Waals surface area contributed by atoms with E-state index in [0.29, 0.717) is 15.7 Å². The molecule has 0 radical (unpaired) electrons. The molecule has 0 saturated heterocycles. The van der Waals surface area contributed by atoms with Crippen molar-refractivity contribution in [3.05, 3.63) is 22.2 Å². The smallest absolute Gasteiger partial charge is 0.0746 e. The minimum absolute atomic E-state index is 0.611. The molecule has 2 nitrogen and oxygen atoms in total. The summed E-state index contributed by atoms with van der Waals surface area (Å²) in [7, 11) is 0. The van der Waals surface area contributed by atoms with Crippen LogP contribution in [0.5, 0.6) is 0 Å². The fourth-order valence-corrected chi connectivity index (χ4v) is 2.66. The number of nitrogen functional groups attached to an aromatic ring is 1. The Balaban J connectivity index is 2.95. The quantitative estimate of drug-likeness (QED) is 0.717. The monoisotopic (exact) mass is 288 g/mol. The number of hydrogen-bond donors (Lipinski definition) is 1. The van der Waals surface area contributed by atoms with Crippen molar-refractivity contribution in [3.8, 4) is 0 Å². The van der Waals surface area contributed by atoms with Gasteiger partial charge in [0.2, 0.25) is 0 Å². The van der Waals surface area contributed by atoms with Gasteiger partial charge in [0.05, 0.1) is 15.7 Å². The average molecular weight is 289 g/mol. The first-order chi connectivity index (χ1) is 8.60. The number of halogens is 2. The highest BCUT2D eigenvalue weighted by molar-refractivity contribution is 6.39. The van der Waals surface area contributed by atoms with Crippen LogP contribution in [0.15, 0.2) is 12.1 Å². The summed E-state index contributed by atoms with van der Waals surface area (Å²) in [5.41, 5.74) is 7.28. The van der Waals surface area contributed by atoms with Crippen LogP contribution in [0, 0.1) is 0 Å². The van der Waals surface area contributed by atoms with Crippen molar-refractivity contribution in [2.24, 2.45) is 0 Å². The topological polar surface area (TPSA) is 29.3 Å². The van der Waals surface area contributed by atoms with Crippen LogP contribution in [-0.4, -0.2) is 13.1 Å². The molecule has 0 amide bonds. The number of hydrogen-bond acceptors (Lipinski definition) is 2. The van der Waals surface area contributed by atoms with Gasteiger partial charge in [-0.1, -0.05) is 49.9 Å². The van der Waals surface area contributed by atoms with Gasteiger partial charge in [-0.15, -0.1) is 0 Å². The van der Waals surface area contributed by atoms with E-state index in [2.05, 4.69) is 18.7 Å². The van der Waals surface area contributed by atoms with E-state index < -0.39 is 0 Å². The van der Waals surface area contributed by atoms with Gasteiger partial charge >= 0.3 is 0 Å². The average Bonchev–Trinajstić information content (AvgIpc) is 2.30. The summed E-state index contributed by atoms with van der Waals surface area (Å²) >= 11 is 12.6. The third-order valence-corrected chi connectivity index (χ3v) is 3.49. The molecule has 0 heterocycles. The predicted molar refractivity (Wildman–Crippen MR) is 82.9 cm³/mol. The molecular weight excluding hydrogens is 267 g/mol. The Morgan fingerprint density at radius 2 is 1.44 bits per heavy atom. The first-order valence-electron chi connectivity index (χ1n) is 6.59. The molecule has 0 aromatic heterocycles. The van der Waals surface area contributed by atoms with Crippen LogP contribution >= 0.6 is 23.2 Å². The molecule has 4 heteroatoms. The van der Waals surface area contributed by atoms with Crippen molar-refractivity contribution in [2.75, 3.05) is 23.7 Å². The molecule has 0 atom stereocenters. The molecule has 102 valence electrons. The zero-order chi connectivity index (χ0) is 13.5. The first-order valence-corrected chi connectivity index (χ1v) is 7.35. The molecule has 1 aromatic carbocycles. The van der Waals surface area contributed by atoms with Crippen molar-refractivity contribution in [3.63, 3.8) is 0 Å². The van der Waals surface area contributed by atoms with Crippen molar-refractivity contribution < 1.29 is 0 Å². The summed E-state index contributed by atoms with van der Waals surface area (Å²) in [6, 6.07) is 3.54. The van der Waals surface area contributed by atoms with E-state index in [1.54, 1.807) is 12.1 Å². The molecule has 18 heavy (non-hydrogen) atoms. The lowest BCUT2D eigenvalue weighted by Gasteiger charge is -2.27. The fraction of sp³-hybridized carbons (Fsp3) is 0.571. The SMILES string of the molecule is CCCCN(CCCC)c1c(Cl)cc(N)cc1Cl. The third-order valence-electron chi connectivity index (χ3n) is 2.92. The van der Waals surface area contributed by atoms with E-state index >= 15 is 0 Å². The van der Waals surface area contributed by atoms with E-state index in [9.17, 15) is 0 Å². The summed E-state index contributed by atoms with van der Waals surface area (Å²) in [4.78, 5) is 2.27. The Kier molecular flexibility index (Phi) is 6.66. The summed E-state index contributed by atoms with van der Waals surface area (Å²) in [5, 5.41) is 1.29. The van der Waals surface area contributed by atoms with E-state index in [1.807, 2.05) is 0 Å². The fourth-order valence-electron chi connectivity index (χ4n) is 1.92. The number of anilines is 2. The standard InChI is InChI=1S/C14H22Cl2N2/c1-3-5-7-18(8-6-4-2)14-12(15)9-11(17)10-13(14)16/h9-10H,3-8,17H2,1-2H3. The van der Waals surface area contributed by atoms with E-state index in [-0.39, 0.29) is 0 Å². The van der Waals surface area contributed by atoms with Crippen molar-refractivity contribution in [1.82, 2.24) is 0 Å². The minimum Gasteiger partial charge on any atom is -0.399 e. The summed E-state index contributed by atoms with van der Waals surface area (Å²) < 4.78 is 0. The van der Waals surface area contributed by atoms with Gasteiger partial charge in [-0.3, -0.25) is 0 Å². The maximum atomic E-state index is 6.28. The second-order valence-corrected chi connectivity index (χ2v) is 5.34. The highest BCUT2D eigenvalue weighted by Crippen LogP contribution is 2.36. The van der Waals surface area contributed by atoms with E-state index in [0.717, 1.165) is 44.5 Å². The number of benzene rings is 1. The maximum Gasteiger partial charge on any atom is 0.0746 e. The van der Waals surface area contributed by atoms with Crippen molar-refractivity contribution in [1.29, 1.82) is 0 Å². The van der Waals surface area contributed by atoms with Crippen LogP contribution in [0.2, 0.25) is 10.0 Å². The van der Waals surface area contributed by atoms with Gasteiger partial charge in [0.15, 0.2) is 0 Å². The molecule has 2 N–H and O–H groups in total. The van der Waals surface area contributed by atoms with Gasteiger partial charge in [0.25, 0.3) is 0 Å². The lowest BCUT2D eigenvalue weighted by atomic mass is 10.2. The minimum atomic E-state index is 0.611. The van der Waals surface area contributed by atoms with Gasteiger partial charge in [-0.25, -0.2) is 0 Å². The second kappa shape index (κ2) is 7.75. The first kappa shape index (κ1) is 15.5. The van der Waals surface area contributed by atoms with Gasteiger partial charge in [-0.2, -0.15) is 0 Å².